The van der Waals surface area contributed by atoms with Crippen LogP contribution in [0.1, 0.15) is 25.7 Å². The topological polar surface area (TPSA) is 74.7 Å². The number of likely N-dealkylation sites (N-methyl/N-ethyl adjacent to an activating group) is 1. The standard InChI is InChI=1S/C18H26N4O3/c1-20-12-13-22(14-18(20)7-5-15(23)19-9-8-18)17(25)6-11-21-10-3-2-4-16(21)24/h2-4,10H,5-9,11-14H2,1H3,(H,19,23)/t18-/m1/s1. The highest BCUT2D eigenvalue weighted by atomic mass is 16.2. The Hall–Kier alpha value is -2.15. The average Bonchev–Trinajstić information content (AvgIpc) is 2.79. The summed E-state index contributed by atoms with van der Waals surface area (Å²) in [6.45, 7) is 3.22. The number of rotatable bonds is 3. The van der Waals surface area contributed by atoms with Gasteiger partial charge in [0.05, 0.1) is 0 Å². The quantitative estimate of drug-likeness (QED) is 0.839. The Morgan fingerprint density at radius 1 is 1.24 bits per heavy atom. The van der Waals surface area contributed by atoms with Gasteiger partial charge in [-0.1, -0.05) is 6.07 Å². The van der Waals surface area contributed by atoms with Crippen LogP contribution in [-0.4, -0.2) is 64.9 Å². The highest BCUT2D eigenvalue weighted by Crippen LogP contribution is 2.30. The molecule has 3 rings (SSSR count). The van der Waals surface area contributed by atoms with Gasteiger partial charge in [-0.15, -0.1) is 0 Å². The van der Waals surface area contributed by atoms with Crippen molar-refractivity contribution >= 4 is 11.8 Å². The maximum atomic E-state index is 12.7. The number of hydrogen-bond donors (Lipinski definition) is 1. The van der Waals surface area contributed by atoms with Crippen molar-refractivity contribution in [2.45, 2.75) is 37.8 Å². The van der Waals surface area contributed by atoms with E-state index in [2.05, 4.69) is 17.3 Å². The molecule has 7 nitrogen and oxygen atoms in total. The van der Waals surface area contributed by atoms with Gasteiger partial charge in [0.15, 0.2) is 0 Å². The molecule has 0 radical (unpaired) electrons. The minimum absolute atomic E-state index is 0.0757. The lowest BCUT2D eigenvalue weighted by molar-refractivity contribution is -0.137. The van der Waals surface area contributed by atoms with Crippen molar-refractivity contribution in [1.29, 1.82) is 0 Å². The molecular weight excluding hydrogens is 320 g/mol. The van der Waals surface area contributed by atoms with E-state index in [-0.39, 0.29) is 22.9 Å². The Labute approximate surface area is 147 Å². The molecule has 7 heteroatoms. The Bertz CT molecular complexity index is 702. The van der Waals surface area contributed by atoms with Crippen molar-refractivity contribution in [3.8, 4) is 0 Å². The van der Waals surface area contributed by atoms with Gasteiger partial charge < -0.3 is 14.8 Å². The van der Waals surface area contributed by atoms with Gasteiger partial charge in [-0.05, 0) is 26.0 Å². The number of nitrogens with zero attached hydrogens (tertiary/aromatic N) is 3. The minimum Gasteiger partial charge on any atom is -0.356 e. The average molecular weight is 346 g/mol. The Kier molecular flexibility index (Phi) is 5.22. The van der Waals surface area contributed by atoms with Crippen LogP contribution in [0.3, 0.4) is 0 Å². The number of carbonyl (C=O) groups is 2. The summed E-state index contributed by atoms with van der Waals surface area (Å²) in [7, 11) is 2.08. The van der Waals surface area contributed by atoms with Crippen LogP contribution in [0.15, 0.2) is 29.2 Å². The van der Waals surface area contributed by atoms with Crippen molar-refractivity contribution < 1.29 is 9.59 Å². The number of piperazine rings is 1. The third kappa shape index (κ3) is 3.92. The van der Waals surface area contributed by atoms with Crippen molar-refractivity contribution in [3.63, 3.8) is 0 Å². The fourth-order valence-corrected chi connectivity index (χ4v) is 3.83. The van der Waals surface area contributed by atoms with Crippen LogP contribution < -0.4 is 10.9 Å². The first-order chi connectivity index (χ1) is 12.0. The zero-order valence-electron chi connectivity index (χ0n) is 14.7. The van der Waals surface area contributed by atoms with E-state index in [1.54, 1.807) is 22.9 Å². The van der Waals surface area contributed by atoms with Crippen LogP contribution >= 0.6 is 0 Å². The second-order valence-corrected chi connectivity index (χ2v) is 7.04. The van der Waals surface area contributed by atoms with Gasteiger partial charge in [-0.25, -0.2) is 0 Å². The third-order valence-electron chi connectivity index (χ3n) is 5.55. The molecule has 2 amide bonds. The largest absolute Gasteiger partial charge is 0.356 e. The number of aromatic nitrogens is 1. The van der Waals surface area contributed by atoms with E-state index >= 15 is 0 Å². The van der Waals surface area contributed by atoms with Crippen LogP contribution in [0.5, 0.6) is 0 Å². The van der Waals surface area contributed by atoms with Gasteiger partial charge in [-0.3, -0.25) is 19.3 Å². The second-order valence-electron chi connectivity index (χ2n) is 7.04. The van der Waals surface area contributed by atoms with Crippen molar-refractivity contribution in [1.82, 2.24) is 19.7 Å². The first-order valence-electron chi connectivity index (χ1n) is 8.91. The van der Waals surface area contributed by atoms with Crippen LogP contribution in [0.25, 0.3) is 0 Å². The number of pyridine rings is 1. The summed E-state index contributed by atoms with van der Waals surface area (Å²) in [6.07, 6.45) is 4.17. The van der Waals surface area contributed by atoms with Crippen molar-refractivity contribution in [2.75, 3.05) is 33.2 Å². The molecule has 1 N–H and O–H groups in total. The molecule has 1 aromatic heterocycles. The summed E-state index contributed by atoms with van der Waals surface area (Å²) in [5.74, 6) is 0.170. The molecule has 2 aliphatic heterocycles. The van der Waals surface area contributed by atoms with Gasteiger partial charge in [0.25, 0.3) is 5.56 Å². The van der Waals surface area contributed by atoms with Crippen LogP contribution in [0.2, 0.25) is 0 Å². The summed E-state index contributed by atoms with van der Waals surface area (Å²) in [5, 5.41) is 2.93. The molecule has 0 saturated carbocycles. The molecule has 136 valence electrons. The van der Waals surface area contributed by atoms with Crippen molar-refractivity contribution in [3.05, 3.63) is 34.7 Å². The normalized spacial score (nSPS) is 24.8. The van der Waals surface area contributed by atoms with E-state index in [0.29, 0.717) is 39.0 Å². The zero-order valence-corrected chi connectivity index (χ0v) is 14.7. The highest BCUT2D eigenvalue weighted by Gasteiger charge is 2.41. The van der Waals surface area contributed by atoms with Crippen LogP contribution in [0.4, 0.5) is 0 Å². The van der Waals surface area contributed by atoms with E-state index in [4.69, 9.17) is 0 Å². The summed E-state index contributed by atoms with van der Waals surface area (Å²) < 4.78 is 1.57. The van der Waals surface area contributed by atoms with Gasteiger partial charge in [0.1, 0.15) is 0 Å². The van der Waals surface area contributed by atoms with E-state index in [0.717, 1.165) is 19.4 Å². The highest BCUT2D eigenvalue weighted by molar-refractivity contribution is 5.77. The predicted octanol–water partition coefficient (Wildman–Crippen LogP) is 0.0513. The molecule has 3 heterocycles. The van der Waals surface area contributed by atoms with Crippen LogP contribution in [0, 0.1) is 0 Å². The van der Waals surface area contributed by atoms with Gasteiger partial charge in [-0.2, -0.15) is 0 Å². The van der Waals surface area contributed by atoms with E-state index < -0.39 is 0 Å². The Morgan fingerprint density at radius 2 is 2.08 bits per heavy atom. The number of aryl methyl sites for hydroxylation is 1. The molecule has 0 unspecified atom stereocenters. The monoisotopic (exact) mass is 346 g/mol. The van der Waals surface area contributed by atoms with E-state index in [1.165, 1.54) is 6.07 Å². The van der Waals surface area contributed by atoms with Gasteiger partial charge >= 0.3 is 0 Å². The molecule has 2 aliphatic rings. The first kappa shape index (κ1) is 17.7. The first-order valence-corrected chi connectivity index (χ1v) is 8.91. The molecular formula is C18H26N4O3. The second kappa shape index (κ2) is 7.39. The SMILES string of the molecule is CN1CCN(C(=O)CCn2ccccc2=O)C[C@@]12CCNC(=O)CC2. The molecule has 25 heavy (non-hydrogen) atoms. The summed E-state index contributed by atoms with van der Waals surface area (Å²) in [6, 6.07) is 5.00. The molecule has 2 saturated heterocycles. The fourth-order valence-electron chi connectivity index (χ4n) is 3.83. The Balaban J connectivity index is 1.64. The van der Waals surface area contributed by atoms with Gasteiger partial charge in [0.2, 0.25) is 11.8 Å². The fraction of sp³-hybridized carbons (Fsp3) is 0.611. The molecule has 1 atom stereocenters. The lowest BCUT2D eigenvalue weighted by Gasteiger charge is -2.49. The molecule has 0 bridgehead atoms. The summed E-state index contributed by atoms with van der Waals surface area (Å²) in [4.78, 5) is 40.3. The minimum atomic E-state index is -0.128. The van der Waals surface area contributed by atoms with Gasteiger partial charge in [0, 0.05) is 63.4 Å². The smallest absolute Gasteiger partial charge is 0.250 e. The van der Waals surface area contributed by atoms with E-state index in [1.807, 2.05) is 4.90 Å². The summed E-state index contributed by atoms with van der Waals surface area (Å²) >= 11 is 0. The third-order valence-corrected chi connectivity index (χ3v) is 5.55. The zero-order chi connectivity index (χ0) is 17.9. The number of carbonyl (C=O) groups excluding carboxylic acids is 2. The van der Waals surface area contributed by atoms with Crippen molar-refractivity contribution in [2.24, 2.45) is 0 Å². The molecule has 1 spiro atoms. The van der Waals surface area contributed by atoms with E-state index in [9.17, 15) is 14.4 Å². The summed E-state index contributed by atoms with van der Waals surface area (Å²) in [5.41, 5.74) is -0.213. The molecule has 1 aromatic rings. The Morgan fingerprint density at radius 3 is 2.88 bits per heavy atom. The molecule has 2 fully saturated rings. The number of nitrogens with one attached hydrogen (secondary N) is 1. The number of amides is 2. The molecule has 0 aliphatic carbocycles. The van der Waals surface area contributed by atoms with Crippen LogP contribution in [-0.2, 0) is 16.1 Å². The lowest BCUT2D eigenvalue weighted by Crippen LogP contribution is -2.62. The lowest BCUT2D eigenvalue weighted by atomic mass is 9.86. The predicted molar refractivity (Wildman–Crippen MR) is 94.1 cm³/mol. The maximum Gasteiger partial charge on any atom is 0.250 e. The maximum absolute atomic E-state index is 12.7. The number of hydrogen-bond acceptors (Lipinski definition) is 4. The molecule has 0 aromatic carbocycles.